The molecule has 0 amide bonds. The number of hydrogen-bond acceptors (Lipinski definition) is 3. The van der Waals surface area contributed by atoms with Gasteiger partial charge >= 0.3 is 0 Å². The number of rotatable bonds is 6. The molecule has 2 rings (SSSR count). The van der Waals surface area contributed by atoms with Gasteiger partial charge in [0, 0.05) is 44.0 Å². The van der Waals surface area contributed by atoms with Crippen LogP contribution in [0, 0.1) is 6.92 Å². The highest BCUT2D eigenvalue weighted by molar-refractivity contribution is 5.22. The Morgan fingerprint density at radius 2 is 2.16 bits per heavy atom. The minimum Gasteiger partial charge on any atom is -0.309 e. The molecule has 0 saturated carbocycles. The van der Waals surface area contributed by atoms with Gasteiger partial charge in [0.05, 0.1) is 11.9 Å². The number of nitrogens with zero attached hydrogens (tertiary/aromatic N) is 4. The predicted molar refractivity (Wildman–Crippen MR) is 75.9 cm³/mol. The molecule has 0 fully saturated rings. The number of hydrogen-bond donors (Lipinski definition) is 1. The fraction of sp³-hybridized carbons (Fsp3) is 0.571. The van der Waals surface area contributed by atoms with E-state index in [1.54, 1.807) is 0 Å². The fourth-order valence-corrected chi connectivity index (χ4v) is 2.25. The zero-order valence-electron chi connectivity index (χ0n) is 12.2. The van der Waals surface area contributed by atoms with Gasteiger partial charge in [-0.3, -0.25) is 9.36 Å². The van der Waals surface area contributed by atoms with E-state index in [0.29, 0.717) is 0 Å². The van der Waals surface area contributed by atoms with Crippen LogP contribution in [0.3, 0.4) is 0 Å². The third-order valence-corrected chi connectivity index (χ3v) is 3.47. The van der Waals surface area contributed by atoms with Crippen molar-refractivity contribution in [3.8, 4) is 0 Å². The lowest BCUT2D eigenvalue weighted by Gasteiger charge is -2.17. The van der Waals surface area contributed by atoms with Crippen LogP contribution in [0.15, 0.2) is 18.5 Å². The normalized spacial score (nSPS) is 12.8. The van der Waals surface area contributed by atoms with Gasteiger partial charge in [-0.05, 0) is 26.0 Å². The molecule has 1 atom stereocenters. The SMILES string of the molecule is CCCNC(Cc1ccn(C)n1)c1cnn(C)c1C. The molecule has 0 aliphatic heterocycles. The molecule has 2 aromatic heterocycles. The Morgan fingerprint density at radius 1 is 1.37 bits per heavy atom. The number of aryl methyl sites for hydroxylation is 2. The van der Waals surface area contributed by atoms with Gasteiger partial charge in [0.1, 0.15) is 0 Å². The van der Waals surface area contributed by atoms with E-state index >= 15 is 0 Å². The minimum atomic E-state index is 0.281. The Bertz CT molecular complexity index is 526. The van der Waals surface area contributed by atoms with E-state index in [1.165, 1.54) is 11.3 Å². The zero-order valence-corrected chi connectivity index (χ0v) is 12.2. The number of aromatic nitrogens is 4. The van der Waals surface area contributed by atoms with Crippen molar-refractivity contribution in [2.24, 2.45) is 14.1 Å². The van der Waals surface area contributed by atoms with Crippen LogP contribution in [0.1, 0.15) is 36.3 Å². The van der Waals surface area contributed by atoms with Crippen LogP contribution < -0.4 is 5.32 Å². The summed E-state index contributed by atoms with van der Waals surface area (Å²) in [6.45, 7) is 5.30. The van der Waals surface area contributed by atoms with Crippen LogP contribution in [-0.2, 0) is 20.5 Å². The Morgan fingerprint density at radius 3 is 2.68 bits per heavy atom. The molecule has 5 nitrogen and oxygen atoms in total. The number of nitrogens with one attached hydrogen (secondary N) is 1. The Balaban J connectivity index is 2.18. The van der Waals surface area contributed by atoms with Gasteiger partial charge < -0.3 is 5.32 Å². The Kier molecular flexibility index (Phi) is 4.37. The molecule has 0 aliphatic carbocycles. The first-order valence-electron chi connectivity index (χ1n) is 6.82. The topological polar surface area (TPSA) is 47.7 Å². The minimum absolute atomic E-state index is 0.281. The molecular formula is C14H23N5. The molecule has 104 valence electrons. The molecule has 19 heavy (non-hydrogen) atoms. The molecule has 0 bridgehead atoms. The summed E-state index contributed by atoms with van der Waals surface area (Å²) in [6, 6.07) is 2.36. The maximum absolute atomic E-state index is 4.47. The van der Waals surface area contributed by atoms with Crippen LogP contribution in [0.4, 0.5) is 0 Å². The van der Waals surface area contributed by atoms with Gasteiger partial charge in [0.25, 0.3) is 0 Å². The van der Waals surface area contributed by atoms with Gasteiger partial charge in [-0.15, -0.1) is 0 Å². The molecule has 1 unspecified atom stereocenters. The summed E-state index contributed by atoms with van der Waals surface area (Å²) < 4.78 is 3.77. The van der Waals surface area contributed by atoms with Gasteiger partial charge in [0.2, 0.25) is 0 Å². The van der Waals surface area contributed by atoms with E-state index in [4.69, 9.17) is 0 Å². The summed E-state index contributed by atoms with van der Waals surface area (Å²) >= 11 is 0. The molecule has 5 heteroatoms. The third-order valence-electron chi connectivity index (χ3n) is 3.47. The molecule has 0 spiro atoms. The highest BCUT2D eigenvalue weighted by atomic mass is 15.3. The second-order valence-electron chi connectivity index (χ2n) is 5.00. The van der Waals surface area contributed by atoms with E-state index in [2.05, 4.69) is 35.4 Å². The highest BCUT2D eigenvalue weighted by Gasteiger charge is 2.17. The van der Waals surface area contributed by atoms with Gasteiger partial charge in [-0.2, -0.15) is 10.2 Å². The van der Waals surface area contributed by atoms with E-state index in [1.807, 2.05) is 35.9 Å². The van der Waals surface area contributed by atoms with Crippen LogP contribution in [0.5, 0.6) is 0 Å². The summed E-state index contributed by atoms with van der Waals surface area (Å²) in [6.07, 6.45) is 5.97. The smallest absolute Gasteiger partial charge is 0.0643 e. The second-order valence-corrected chi connectivity index (χ2v) is 5.00. The van der Waals surface area contributed by atoms with Gasteiger partial charge in [-0.1, -0.05) is 6.92 Å². The molecule has 0 aromatic carbocycles. The maximum Gasteiger partial charge on any atom is 0.0643 e. The summed E-state index contributed by atoms with van der Waals surface area (Å²) in [4.78, 5) is 0. The predicted octanol–water partition coefficient (Wildman–Crippen LogP) is 1.75. The van der Waals surface area contributed by atoms with Crippen LogP contribution >= 0.6 is 0 Å². The van der Waals surface area contributed by atoms with Crippen LogP contribution in [-0.4, -0.2) is 26.1 Å². The van der Waals surface area contributed by atoms with Crippen molar-refractivity contribution in [3.05, 3.63) is 35.4 Å². The van der Waals surface area contributed by atoms with E-state index < -0.39 is 0 Å². The second kappa shape index (κ2) is 6.02. The summed E-state index contributed by atoms with van der Waals surface area (Å²) in [5.74, 6) is 0. The van der Waals surface area contributed by atoms with Crippen molar-refractivity contribution in [2.75, 3.05) is 6.54 Å². The average Bonchev–Trinajstić information content (AvgIpc) is 2.93. The molecule has 0 saturated heterocycles. The van der Waals surface area contributed by atoms with Gasteiger partial charge in [-0.25, -0.2) is 0 Å². The summed E-state index contributed by atoms with van der Waals surface area (Å²) in [5.41, 5.74) is 3.59. The standard InChI is InChI=1S/C14H23N5/c1-5-7-15-14(9-12-6-8-18(3)17-12)13-10-16-19(4)11(13)2/h6,8,10,14-15H,5,7,9H2,1-4H3. The van der Waals surface area contributed by atoms with E-state index in [-0.39, 0.29) is 6.04 Å². The van der Waals surface area contributed by atoms with Crippen LogP contribution in [0.25, 0.3) is 0 Å². The van der Waals surface area contributed by atoms with Crippen molar-refractivity contribution in [3.63, 3.8) is 0 Å². The quantitative estimate of drug-likeness (QED) is 0.861. The molecular weight excluding hydrogens is 238 g/mol. The lowest BCUT2D eigenvalue weighted by atomic mass is 10.0. The first-order chi connectivity index (χ1) is 9.11. The molecule has 0 radical (unpaired) electrons. The highest BCUT2D eigenvalue weighted by Crippen LogP contribution is 2.20. The third kappa shape index (κ3) is 3.23. The van der Waals surface area contributed by atoms with Crippen molar-refractivity contribution in [2.45, 2.75) is 32.7 Å². The lowest BCUT2D eigenvalue weighted by molar-refractivity contribution is 0.518. The molecule has 0 aliphatic rings. The molecule has 2 aromatic rings. The Labute approximate surface area is 114 Å². The molecule has 2 heterocycles. The van der Waals surface area contributed by atoms with E-state index in [9.17, 15) is 0 Å². The van der Waals surface area contributed by atoms with E-state index in [0.717, 1.165) is 25.1 Å². The zero-order chi connectivity index (χ0) is 13.8. The van der Waals surface area contributed by atoms with Crippen molar-refractivity contribution in [1.82, 2.24) is 24.9 Å². The largest absolute Gasteiger partial charge is 0.309 e. The first kappa shape index (κ1) is 13.8. The average molecular weight is 261 g/mol. The fourth-order valence-electron chi connectivity index (χ4n) is 2.25. The summed E-state index contributed by atoms with van der Waals surface area (Å²) in [5, 5.41) is 12.4. The molecule has 1 N–H and O–H groups in total. The lowest BCUT2D eigenvalue weighted by Crippen LogP contribution is -2.24. The maximum atomic E-state index is 4.47. The van der Waals surface area contributed by atoms with Crippen LogP contribution in [0.2, 0.25) is 0 Å². The van der Waals surface area contributed by atoms with Crippen molar-refractivity contribution >= 4 is 0 Å². The monoisotopic (exact) mass is 261 g/mol. The van der Waals surface area contributed by atoms with Gasteiger partial charge in [0.15, 0.2) is 0 Å². The van der Waals surface area contributed by atoms with Crippen molar-refractivity contribution < 1.29 is 0 Å². The van der Waals surface area contributed by atoms with Crippen molar-refractivity contribution in [1.29, 1.82) is 0 Å². The first-order valence-corrected chi connectivity index (χ1v) is 6.82. The summed E-state index contributed by atoms with van der Waals surface area (Å²) in [7, 11) is 3.93. The Hall–Kier alpha value is -1.62.